The van der Waals surface area contributed by atoms with Crippen LogP contribution < -0.4 is 4.90 Å². The summed E-state index contributed by atoms with van der Waals surface area (Å²) in [7, 11) is 0. The van der Waals surface area contributed by atoms with Crippen molar-refractivity contribution in [3.63, 3.8) is 0 Å². The van der Waals surface area contributed by atoms with Gasteiger partial charge < -0.3 is 4.90 Å². The zero-order chi connectivity index (χ0) is 9.97. The minimum Gasteiger partial charge on any atom is -0.354 e. The van der Waals surface area contributed by atoms with E-state index in [4.69, 9.17) is 11.6 Å². The Labute approximate surface area is 89.1 Å². The van der Waals surface area contributed by atoms with Crippen molar-refractivity contribution < 1.29 is 0 Å². The maximum Gasteiger partial charge on any atom is 0.224 e. The highest BCUT2D eigenvalue weighted by atomic mass is 35.5. The highest BCUT2D eigenvalue weighted by Crippen LogP contribution is 2.22. The number of rotatable bonds is 1. The molecule has 1 aromatic rings. The lowest BCUT2D eigenvalue weighted by Crippen LogP contribution is -2.37. The average molecular weight is 212 g/mol. The molecule has 0 aliphatic carbocycles. The number of piperidine rings is 1. The molecule has 0 amide bonds. The van der Waals surface area contributed by atoms with E-state index < -0.39 is 0 Å². The van der Waals surface area contributed by atoms with Crippen molar-refractivity contribution in [3.8, 4) is 0 Å². The van der Waals surface area contributed by atoms with E-state index in [0.717, 1.165) is 12.4 Å². The minimum atomic E-state index is 0.334. The van der Waals surface area contributed by atoms with Gasteiger partial charge in [-0.1, -0.05) is 0 Å². The second-order valence-corrected chi connectivity index (χ2v) is 4.06. The fraction of sp³-hybridized carbons (Fsp3) is 0.600. The van der Waals surface area contributed by atoms with Crippen LogP contribution in [0.5, 0.6) is 0 Å². The maximum absolute atomic E-state index is 5.76. The lowest BCUT2D eigenvalue weighted by Gasteiger charge is -2.34. The predicted octanol–water partition coefficient (Wildman–Crippen LogP) is 2.51. The molecular weight excluding hydrogens is 198 g/mol. The summed E-state index contributed by atoms with van der Waals surface area (Å²) in [5.41, 5.74) is 0. The van der Waals surface area contributed by atoms with E-state index in [1.54, 1.807) is 6.20 Å². The Morgan fingerprint density at radius 2 is 2.36 bits per heavy atom. The monoisotopic (exact) mass is 211 g/mol. The summed E-state index contributed by atoms with van der Waals surface area (Å²) >= 11 is 5.76. The molecule has 1 aliphatic heterocycles. The number of halogens is 1. The van der Waals surface area contributed by atoms with Crippen LogP contribution in [0, 0.1) is 0 Å². The zero-order valence-electron chi connectivity index (χ0n) is 8.28. The molecular formula is C10H14ClN3. The van der Waals surface area contributed by atoms with Crippen LogP contribution in [0.2, 0.25) is 5.28 Å². The van der Waals surface area contributed by atoms with Gasteiger partial charge >= 0.3 is 0 Å². The summed E-state index contributed by atoms with van der Waals surface area (Å²) in [6, 6.07) is 2.49. The van der Waals surface area contributed by atoms with Gasteiger partial charge in [-0.3, -0.25) is 0 Å². The number of aromatic nitrogens is 2. The van der Waals surface area contributed by atoms with Crippen molar-refractivity contribution in [2.75, 3.05) is 11.4 Å². The number of hydrogen-bond acceptors (Lipinski definition) is 3. The number of hydrogen-bond donors (Lipinski definition) is 0. The van der Waals surface area contributed by atoms with Crippen molar-refractivity contribution in [2.45, 2.75) is 32.2 Å². The average Bonchev–Trinajstić information content (AvgIpc) is 2.18. The van der Waals surface area contributed by atoms with E-state index in [1.165, 1.54) is 19.3 Å². The van der Waals surface area contributed by atoms with E-state index in [1.807, 2.05) is 6.07 Å². The van der Waals surface area contributed by atoms with Crippen LogP contribution in [0.15, 0.2) is 12.3 Å². The molecule has 1 aliphatic rings. The first-order valence-corrected chi connectivity index (χ1v) is 5.40. The lowest BCUT2D eigenvalue weighted by molar-refractivity contribution is 0.481. The van der Waals surface area contributed by atoms with Gasteiger partial charge in [-0.2, -0.15) is 0 Å². The van der Waals surface area contributed by atoms with Crippen LogP contribution in [-0.2, 0) is 0 Å². The van der Waals surface area contributed by atoms with Gasteiger partial charge in [-0.15, -0.1) is 0 Å². The maximum atomic E-state index is 5.76. The predicted molar refractivity (Wildman–Crippen MR) is 57.7 cm³/mol. The first-order chi connectivity index (χ1) is 6.77. The Morgan fingerprint density at radius 3 is 3.07 bits per heavy atom. The molecule has 1 unspecified atom stereocenters. The lowest BCUT2D eigenvalue weighted by atomic mass is 10.0. The molecule has 2 heterocycles. The van der Waals surface area contributed by atoms with Gasteiger partial charge in [0.1, 0.15) is 5.82 Å². The third-order valence-electron chi connectivity index (χ3n) is 2.71. The topological polar surface area (TPSA) is 29.0 Å². The fourth-order valence-electron chi connectivity index (χ4n) is 1.92. The Morgan fingerprint density at radius 1 is 1.50 bits per heavy atom. The molecule has 1 aromatic heterocycles. The number of nitrogens with zero attached hydrogens (tertiary/aromatic N) is 3. The smallest absolute Gasteiger partial charge is 0.224 e. The van der Waals surface area contributed by atoms with Gasteiger partial charge in [0.15, 0.2) is 0 Å². The van der Waals surface area contributed by atoms with Crippen LogP contribution in [-0.4, -0.2) is 22.6 Å². The number of anilines is 1. The molecule has 0 saturated carbocycles. The van der Waals surface area contributed by atoms with E-state index >= 15 is 0 Å². The summed E-state index contributed by atoms with van der Waals surface area (Å²) in [6.45, 7) is 3.31. The van der Waals surface area contributed by atoms with E-state index in [9.17, 15) is 0 Å². The highest BCUT2D eigenvalue weighted by molar-refractivity contribution is 6.28. The van der Waals surface area contributed by atoms with Crippen LogP contribution >= 0.6 is 11.6 Å². The summed E-state index contributed by atoms with van der Waals surface area (Å²) < 4.78 is 0. The molecule has 0 bridgehead atoms. The second kappa shape index (κ2) is 4.13. The molecule has 14 heavy (non-hydrogen) atoms. The van der Waals surface area contributed by atoms with Crippen molar-refractivity contribution in [3.05, 3.63) is 17.5 Å². The molecule has 3 nitrogen and oxygen atoms in total. The Bertz CT molecular complexity index is 316. The SMILES string of the molecule is CC1CCCCN1c1ccnc(Cl)n1. The third kappa shape index (κ3) is 1.98. The van der Waals surface area contributed by atoms with Crippen LogP contribution in [0.1, 0.15) is 26.2 Å². The van der Waals surface area contributed by atoms with Crippen molar-refractivity contribution in [1.29, 1.82) is 0 Å². The minimum absolute atomic E-state index is 0.334. The van der Waals surface area contributed by atoms with Crippen LogP contribution in [0.3, 0.4) is 0 Å². The highest BCUT2D eigenvalue weighted by Gasteiger charge is 2.19. The second-order valence-electron chi connectivity index (χ2n) is 3.72. The fourth-order valence-corrected chi connectivity index (χ4v) is 2.07. The van der Waals surface area contributed by atoms with E-state index in [2.05, 4.69) is 21.8 Å². The van der Waals surface area contributed by atoms with Gasteiger partial charge in [0.25, 0.3) is 0 Å². The standard InChI is InChI=1S/C10H14ClN3/c1-8-4-2-3-7-14(8)9-5-6-12-10(11)13-9/h5-6,8H,2-4,7H2,1H3. The Hall–Kier alpha value is -0.830. The van der Waals surface area contributed by atoms with Gasteiger partial charge in [0.2, 0.25) is 5.28 Å². The molecule has 4 heteroatoms. The third-order valence-corrected chi connectivity index (χ3v) is 2.89. The van der Waals surface area contributed by atoms with Crippen LogP contribution in [0.25, 0.3) is 0 Å². The normalized spacial score (nSPS) is 22.4. The van der Waals surface area contributed by atoms with Gasteiger partial charge in [0, 0.05) is 18.8 Å². The molecule has 0 radical (unpaired) electrons. The molecule has 1 fully saturated rings. The van der Waals surface area contributed by atoms with Crippen molar-refractivity contribution in [1.82, 2.24) is 9.97 Å². The summed E-state index contributed by atoms with van der Waals surface area (Å²) in [6.07, 6.45) is 5.51. The molecule has 1 atom stereocenters. The molecule has 76 valence electrons. The van der Waals surface area contributed by atoms with Gasteiger partial charge in [-0.05, 0) is 43.9 Å². The van der Waals surface area contributed by atoms with E-state index in [0.29, 0.717) is 11.3 Å². The summed E-state index contributed by atoms with van der Waals surface area (Å²) in [5.74, 6) is 0.956. The Kier molecular flexibility index (Phi) is 2.87. The van der Waals surface area contributed by atoms with Gasteiger partial charge in [0.05, 0.1) is 0 Å². The first kappa shape index (κ1) is 9.71. The Balaban J connectivity index is 2.20. The summed E-state index contributed by atoms with van der Waals surface area (Å²) in [4.78, 5) is 10.4. The quantitative estimate of drug-likeness (QED) is 0.669. The largest absolute Gasteiger partial charge is 0.354 e. The first-order valence-electron chi connectivity index (χ1n) is 5.02. The zero-order valence-corrected chi connectivity index (χ0v) is 9.04. The molecule has 0 N–H and O–H groups in total. The summed E-state index contributed by atoms with van der Waals surface area (Å²) in [5, 5.41) is 0.334. The molecule has 1 saturated heterocycles. The van der Waals surface area contributed by atoms with Crippen LogP contribution in [0.4, 0.5) is 5.82 Å². The van der Waals surface area contributed by atoms with Gasteiger partial charge in [-0.25, -0.2) is 9.97 Å². The van der Waals surface area contributed by atoms with E-state index in [-0.39, 0.29) is 0 Å². The molecule has 2 rings (SSSR count). The van der Waals surface area contributed by atoms with Crippen molar-refractivity contribution in [2.24, 2.45) is 0 Å². The molecule has 0 spiro atoms. The van der Waals surface area contributed by atoms with Crippen molar-refractivity contribution >= 4 is 17.4 Å². The molecule has 0 aromatic carbocycles.